The molecule has 3 heterocycles. The number of hydrogen-bond donors (Lipinski definition) is 7. The summed E-state index contributed by atoms with van der Waals surface area (Å²) < 4.78 is 22.2. The molecule has 0 aromatic carbocycles. The molecule has 4 atom stereocenters. The van der Waals surface area contributed by atoms with Gasteiger partial charge in [0.15, 0.2) is 12.1 Å². The fourth-order valence-electron chi connectivity index (χ4n) is 9.93. The number of carbonyl (C=O) groups is 3. The molecule has 0 spiro atoms. The number of hydrogen-bond acceptors (Lipinski definition) is 15. The highest BCUT2D eigenvalue weighted by molar-refractivity contribution is 6.76. The van der Waals surface area contributed by atoms with Gasteiger partial charge in [0.1, 0.15) is 19.8 Å². The first-order valence-electron chi connectivity index (χ1n) is 27.1. The number of rotatable bonds is 5. The Morgan fingerprint density at radius 3 is 1.13 bits per heavy atom. The van der Waals surface area contributed by atoms with E-state index in [9.17, 15) is 14.4 Å². The predicted octanol–water partition coefficient (Wildman–Crippen LogP) is 15.7. The van der Waals surface area contributed by atoms with Gasteiger partial charge < -0.3 is 59.4 Å². The molecule has 6 saturated carbocycles. The number of alkyl halides is 3. The molecule has 0 radical (unpaired) electrons. The van der Waals surface area contributed by atoms with E-state index in [1.54, 1.807) is 46.1 Å². The number of methoxy groups -OCH3 is 2. The topological polar surface area (TPSA) is 239 Å². The standard InChI is InChI=1S/C11H18.C10H18.C6H12O2.C5H10O.C5H12.C4H8O.C3H3Cl3O2.C3H6O3.C3H6O2.C2H6O2.C2H6O.C2H4O.8CH4/c1-7-10-3-8-2-9(5-10)6-11(7)4-8;1-7-6-8-4-5-9(7)10(8,2)3;1-7-6-4-2-3-5-8-6;1-2-4-6-5-3-1;1-5(2,3)4;1-2-4-5-3-1;4-3(5,6)2(8)1-7;1-6-3(5)2-4;1-3(5)2-4;3-1-2-4;2*1-2-3;;;;;;;;/h7-11H,2-6H2,1H3;7-9H,4-6H2,1-3H3;6H,2-5H2,1H3;1-5H2;1-4H3;1-4H2;7H,1H2;4H,2H2,1H3;4H,2H2,1H3;3-4H,1-2H2;3H,2H2,1H3;2-3H,1H2;8*1H4. The minimum atomic E-state index is -1.96. The molecular weight excluding hydrogens is 1120 g/mol. The van der Waals surface area contributed by atoms with Crippen molar-refractivity contribution >= 4 is 52.3 Å². The lowest BCUT2D eigenvalue weighted by atomic mass is 9.52. The summed E-state index contributed by atoms with van der Waals surface area (Å²) in [5, 5.41) is 53.9. The molecule has 6 bridgehead atoms. The van der Waals surface area contributed by atoms with Crippen LogP contribution in [0.5, 0.6) is 0 Å². The van der Waals surface area contributed by atoms with Crippen LogP contribution in [0, 0.1) is 58.2 Å². The Morgan fingerprint density at radius 1 is 0.622 bits per heavy atom. The van der Waals surface area contributed by atoms with Gasteiger partial charge in [-0.05, 0) is 175 Å². The zero-order valence-corrected chi connectivity index (χ0v) is 50.4. The molecule has 508 valence electrons. The summed E-state index contributed by atoms with van der Waals surface area (Å²) in [5.74, 6) is 7.23. The van der Waals surface area contributed by atoms with Gasteiger partial charge in [0, 0.05) is 46.8 Å². The molecule has 3 saturated heterocycles. The van der Waals surface area contributed by atoms with Crippen LogP contribution < -0.4 is 0 Å². The van der Waals surface area contributed by atoms with Crippen molar-refractivity contribution < 1.29 is 73.8 Å². The zero-order valence-electron chi connectivity index (χ0n) is 48.1. The second-order valence-electron chi connectivity index (χ2n) is 21.8. The normalized spacial score (nSPS) is 24.0. The molecule has 15 nitrogen and oxygen atoms in total. The van der Waals surface area contributed by atoms with E-state index in [0.717, 1.165) is 93.1 Å². The van der Waals surface area contributed by atoms with Gasteiger partial charge in [0.05, 0.1) is 26.6 Å². The highest BCUT2D eigenvalue weighted by Gasteiger charge is 2.51. The molecule has 9 aliphatic rings. The van der Waals surface area contributed by atoms with Crippen molar-refractivity contribution in [1.29, 1.82) is 0 Å². The van der Waals surface area contributed by atoms with Gasteiger partial charge in [-0.25, -0.2) is 4.79 Å². The Balaban J connectivity index is -0.0000000659. The van der Waals surface area contributed by atoms with Crippen LogP contribution in [0.3, 0.4) is 0 Å². The van der Waals surface area contributed by atoms with E-state index in [1.807, 2.05) is 0 Å². The van der Waals surface area contributed by atoms with Crippen molar-refractivity contribution in [3.63, 3.8) is 0 Å². The van der Waals surface area contributed by atoms with Crippen LogP contribution in [0.4, 0.5) is 0 Å². The van der Waals surface area contributed by atoms with Gasteiger partial charge in [0.25, 0.3) is 3.79 Å². The lowest BCUT2D eigenvalue weighted by Crippen LogP contribution is -2.43. The Hall–Kier alpha value is -1.18. The Kier molecular flexibility index (Phi) is 89.3. The van der Waals surface area contributed by atoms with Crippen LogP contribution in [-0.2, 0) is 38.1 Å². The molecule has 0 amide bonds. The highest BCUT2D eigenvalue weighted by Crippen LogP contribution is 2.60. The Morgan fingerprint density at radius 2 is 0.988 bits per heavy atom. The van der Waals surface area contributed by atoms with Gasteiger partial charge in [-0.15, -0.1) is 0 Å². The number of ether oxygens (including phenoxy) is 5. The predicted molar refractivity (Wildman–Crippen MR) is 353 cm³/mol. The Bertz CT molecular complexity index is 1260. The molecule has 4 unspecified atom stereocenters. The number of Topliss-reactive ketones (excluding diaryl/α,β-unsaturated/α-hetero) is 2. The lowest BCUT2D eigenvalue weighted by molar-refractivity contribution is -0.145. The van der Waals surface area contributed by atoms with Crippen LogP contribution in [0.15, 0.2) is 12.8 Å². The van der Waals surface area contributed by atoms with Crippen molar-refractivity contribution in [1.82, 2.24) is 0 Å². The highest BCUT2D eigenvalue weighted by atomic mass is 35.6. The summed E-state index contributed by atoms with van der Waals surface area (Å²) in [6.45, 7) is 27.8. The third-order valence-corrected chi connectivity index (χ3v) is 14.0. The molecule has 9 rings (SSSR count). The average molecular weight is 1260 g/mol. The maximum atomic E-state index is 10.2. The molecule has 7 N–H and O–H groups in total. The molecule has 9 fully saturated rings. The average Bonchev–Trinajstić information content (AvgIpc) is 4.10. The van der Waals surface area contributed by atoms with Crippen molar-refractivity contribution in [2.45, 2.75) is 241 Å². The Labute approximate surface area is 523 Å². The van der Waals surface area contributed by atoms with Crippen LogP contribution in [0.2, 0.25) is 0 Å². The molecule has 82 heavy (non-hydrogen) atoms. The molecular formula is C64H141Cl3O15. The van der Waals surface area contributed by atoms with Crippen LogP contribution in [-0.4, -0.2) is 150 Å². The number of ketones is 2. The fourth-order valence-corrected chi connectivity index (χ4v) is 10.1. The van der Waals surface area contributed by atoms with Gasteiger partial charge in [0.2, 0.25) is 5.78 Å². The zero-order chi connectivity index (χ0) is 57.8. The third-order valence-electron chi connectivity index (χ3n) is 13.3. The summed E-state index contributed by atoms with van der Waals surface area (Å²) in [6, 6.07) is 0. The monoisotopic (exact) mass is 1250 g/mol. The van der Waals surface area contributed by atoms with Crippen LogP contribution >= 0.6 is 34.8 Å². The van der Waals surface area contributed by atoms with Crippen molar-refractivity contribution in [2.75, 3.05) is 86.9 Å². The quantitative estimate of drug-likeness (QED) is 0.0770. The minimum Gasteiger partial charge on any atom is -0.516 e. The van der Waals surface area contributed by atoms with E-state index in [-0.39, 0.29) is 97.9 Å². The summed E-state index contributed by atoms with van der Waals surface area (Å²) >= 11 is 15.0. The maximum absolute atomic E-state index is 10.2. The van der Waals surface area contributed by atoms with E-state index in [4.69, 9.17) is 89.5 Å². The van der Waals surface area contributed by atoms with Crippen LogP contribution in [0.25, 0.3) is 0 Å². The second kappa shape index (κ2) is 67.3. The second-order valence-corrected chi connectivity index (χ2v) is 24.1. The van der Waals surface area contributed by atoms with Crippen molar-refractivity contribution in [2.24, 2.45) is 58.2 Å². The SMILES string of the molecule is C.C.C.C.C.C.C.C.C1CCOC1.C1CCOCC1.C=CO.CC(=O)CO.CC(C)(C)C.CC1C2CC3CC(C2)CC1C3.CC1CC2CCC1C2(C)C.CCO.COC(=O)CO.COC1CCCCO1.O=C(CO)C(Cl)(Cl)Cl.OCCO. The largest absolute Gasteiger partial charge is 0.516 e. The van der Waals surface area contributed by atoms with Crippen molar-refractivity contribution in [3.8, 4) is 0 Å². The number of carbonyl (C=O) groups excluding carboxylic acids is 3. The first kappa shape index (κ1) is 109. The van der Waals surface area contributed by atoms with Gasteiger partial charge in [-0.2, -0.15) is 0 Å². The maximum Gasteiger partial charge on any atom is 0.331 e. The van der Waals surface area contributed by atoms with E-state index >= 15 is 0 Å². The summed E-state index contributed by atoms with van der Waals surface area (Å²) in [7, 11) is 2.91. The fraction of sp³-hybridized carbons (Fsp3) is 0.922. The van der Waals surface area contributed by atoms with E-state index < -0.39 is 28.8 Å². The minimum absolute atomic E-state index is 0. The third kappa shape index (κ3) is 61.9. The summed E-state index contributed by atoms with van der Waals surface area (Å²) in [6.07, 6.45) is 23.3. The molecule has 18 heteroatoms. The van der Waals surface area contributed by atoms with Gasteiger partial charge in [-0.3, -0.25) is 9.59 Å². The smallest absolute Gasteiger partial charge is 0.331 e. The first-order chi connectivity index (χ1) is 34.7. The molecule has 0 aromatic heterocycles. The first-order valence-corrected chi connectivity index (χ1v) is 28.2. The molecule has 0 aromatic rings. The number of aliphatic hydroxyl groups is 7. The number of fused-ring (bicyclic) bond motifs is 2. The number of aliphatic hydroxyl groups excluding tert-OH is 7. The van der Waals surface area contributed by atoms with Gasteiger partial charge >= 0.3 is 5.97 Å². The van der Waals surface area contributed by atoms with E-state index in [1.165, 1.54) is 78.2 Å². The van der Waals surface area contributed by atoms with E-state index in [0.29, 0.717) is 10.8 Å². The summed E-state index contributed by atoms with van der Waals surface area (Å²) in [4.78, 5) is 29.5. The van der Waals surface area contributed by atoms with Crippen molar-refractivity contribution in [3.05, 3.63) is 12.8 Å². The van der Waals surface area contributed by atoms with Crippen LogP contribution in [0.1, 0.15) is 231 Å². The lowest BCUT2D eigenvalue weighted by Gasteiger charge is -2.53. The molecule has 3 aliphatic heterocycles. The number of esters is 1. The summed E-state index contributed by atoms with van der Waals surface area (Å²) in [5.41, 5.74) is 1.19. The molecule has 6 aliphatic carbocycles. The van der Waals surface area contributed by atoms with Gasteiger partial charge in [-0.1, -0.05) is 156 Å². The number of halogens is 3. The van der Waals surface area contributed by atoms with E-state index in [2.05, 4.69) is 66.7 Å².